The molecule has 2 aromatic carbocycles. The highest BCUT2D eigenvalue weighted by Gasteiger charge is 2.15. The molecule has 0 saturated heterocycles. The summed E-state index contributed by atoms with van der Waals surface area (Å²) < 4.78 is 0.924. The van der Waals surface area contributed by atoms with Crippen LogP contribution in [0.1, 0.15) is 28.4 Å². The SMILES string of the molecule is CCN(Cc1ccccc1)C(=O)CNC(=O)c1ccc(Br)cc1C. The van der Waals surface area contributed by atoms with Crippen molar-refractivity contribution in [2.45, 2.75) is 20.4 Å². The van der Waals surface area contributed by atoms with Gasteiger partial charge in [-0.15, -0.1) is 0 Å². The molecule has 5 heteroatoms. The van der Waals surface area contributed by atoms with Crippen molar-refractivity contribution in [1.82, 2.24) is 10.2 Å². The Bertz CT molecular complexity index is 717. The van der Waals surface area contributed by atoms with Crippen LogP contribution in [0.25, 0.3) is 0 Å². The topological polar surface area (TPSA) is 49.4 Å². The van der Waals surface area contributed by atoms with Gasteiger partial charge < -0.3 is 10.2 Å². The van der Waals surface area contributed by atoms with Crippen LogP contribution >= 0.6 is 15.9 Å². The zero-order chi connectivity index (χ0) is 17.5. The first-order valence-electron chi connectivity index (χ1n) is 7.87. The van der Waals surface area contributed by atoms with Crippen LogP contribution in [0.3, 0.4) is 0 Å². The Labute approximate surface area is 151 Å². The molecule has 2 aromatic rings. The molecule has 1 N–H and O–H groups in total. The maximum atomic E-state index is 12.4. The van der Waals surface area contributed by atoms with E-state index in [2.05, 4.69) is 21.2 Å². The number of likely N-dealkylation sites (N-methyl/N-ethyl adjacent to an activating group) is 1. The van der Waals surface area contributed by atoms with Crippen molar-refractivity contribution in [3.8, 4) is 0 Å². The summed E-state index contributed by atoms with van der Waals surface area (Å²) in [6.07, 6.45) is 0. The van der Waals surface area contributed by atoms with Gasteiger partial charge in [0.05, 0.1) is 6.54 Å². The molecule has 126 valence electrons. The lowest BCUT2D eigenvalue weighted by Crippen LogP contribution is -2.39. The van der Waals surface area contributed by atoms with Crippen LogP contribution in [0.4, 0.5) is 0 Å². The summed E-state index contributed by atoms with van der Waals surface area (Å²) in [5.74, 6) is -0.325. The second-order valence-corrected chi connectivity index (χ2v) is 6.45. The van der Waals surface area contributed by atoms with Gasteiger partial charge in [0, 0.05) is 23.1 Å². The summed E-state index contributed by atoms with van der Waals surface area (Å²) in [4.78, 5) is 26.3. The highest BCUT2D eigenvalue weighted by atomic mass is 79.9. The first-order valence-corrected chi connectivity index (χ1v) is 8.66. The van der Waals surface area contributed by atoms with Crippen LogP contribution in [-0.4, -0.2) is 29.8 Å². The highest BCUT2D eigenvalue weighted by Crippen LogP contribution is 2.15. The van der Waals surface area contributed by atoms with Gasteiger partial charge in [-0.25, -0.2) is 0 Å². The lowest BCUT2D eigenvalue weighted by Gasteiger charge is -2.21. The molecule has 0 saturated carbocycles. The molecule has 2 amide bonds. The van der Waals surface area contributed by atoms with Crippen molar-refractivity contribution < 1.29 is 9.59 Å². The molecular weight excluding hydrogens is 368 g/mol. The lowest BCUT2D eigenvalue weighted by atomic mass is 10.1. The van der Waals surface area contributed by atoms with Crippen molar-refractivity contribution in [1.29, 1.82) is 0 Å². The minimum atomic E-state index is -0.232. The van der Waals surface area contributed by atoms with Crippen LogP contribution in [0.15, 0.2) is 53.0 Å². The standard InChI is InChI=1S/C19H21BrN2O2/c1-3-22(13-15-7-5-4-6-8-15)18(23)12-21-19(24)17-10-9-16(20)11-14(17)2/h4-11H,3,12-13H2,1-2H3,(H,21,24). The fourth-order valence-corrected chi connectivity index (χ4v) is 2.90. The Morgan fingerprint density at radius 2 is 1.83 bits per heavy atom. The molecule has 24 heavy (non-hydrogen) atoms. The van der Waals surface area contributed by atoms with Crippen molar-refractivity contribution in [2.24, 2.45) is 0 Å². The van der Waals surface area contributed by atoms with E-state index < -0.39 is 0 Å². The zero-order valence-corrected chi connectivity index (χ0v) is 15.5. The zero-order valence-electron chi connectivity index (χ0n) is 13.9. The number of hydrogen-bond donors (Lipinski definition) is 1. The van der Waals surface area contributed by atoms with Crippen LogP contribution in [0.5, 0.6) is 0 Å². The summed E-state index contributed by atoms with van der Waals surface area (Å²) in [5, 5.41) is 2.71. The van der Waals surface area contributed by atoms with Gasteiger partial charge in [0.25, 0.3) is 5.91 Å². The quantitative estimate of drug-likeness (QED) is 0.822. The summed E-state index contributed by atoms with van der Waals surface area (Å²) in [7, 11) is 0. The Kier molecular flexibility index (Phi) is 6.55. The van der Waals surface area contributed by atoms with E-state index in [1.807, 2.05) is 56.3 Å². The van der Waals surface area contributed by atoms with Gasteiger partial charge in [0.2, 0.25) is 5.91 Å². The van der Waals surface area contributed by atoms with Crippen LogP contribution < -0.4 is 5.32 Å². The molecule has 4 nitrogen and oxygen atoms in total. The minimum absolute atomic E-state index is 0.00495. The van der Waals surface area contributed by atoms with E-state index in [1.54, 1.807) is 11.0 Å². The molecular formula is C19H21BrN2O2. The van der Waals surface area contributed by atoms with Crippen molar-refractivity contribution in [2.75, 3.05) is 13.1 Å². The average molecular weight is 389 g/mol. The van der Waals surface area contributed by atoms with Crippen molar-refractivity contribution in [3.05, 3.63) is 69.7 Å². The molecule has 0 aliphatic carbocycles. The van der Waals surface area contributed by atoms with E-state index in [-0.39, 0.29) is 18.4 Å². The first-order chi connectivity index (χ1) is 11.5. The van der Waals surface area contributed by atoms with Gasteiger partial charge in [0.15, 0.2) is 0 Å². The molecule has 0 aliphatic heterocycles. The number of carbonyl (C=O) groups excluding carboxylic acids is 2. The number of aryl methyl sites for hydroxylation is 1. The Balaban J connectivity index is 1.94. The predicted molar refractivity (Wildman–Crippen MR) is 98.7 cm³/mol. The first kappa shape index (κ1) is 18.2. The Hall–Kier alpha value is -2.14. The van der Waals surface area contributed by atoms with Gasteiger partial charge >= 0.3 is 0 Å². The number of carbonyl (C=O) groups is 2. The van der Waals surface area contributed by atoms with E-state index in [1.165, 1.54) is 0 Å². The van der Waals surface area contributed by atoms with Crippen LogP contribution in [0, 0.1) is 6.92 Å². The van der Waals surface area contributed by atoms with Gasteiger partial charge in [0.1, 0.15) is 0 Å². The molecule has 0 aromatic heterocycles. The Morgan fingerprint density at radius 3 is 2.46 bits per heavy atom. The number of rotatable bonds is 6. The van der Waals surface area contributed by atoms with Gasteiger partial charge in [-0.3, -0.25) is 9.59 Å². The third-order valence-corrected chi connectivity index (χ3v) is 4.28. The fourth-order valence-electron chi connectivity index (χ4n) is 2.42. The summed E-state index contributed by atoms with van der Waals surface area (Å²) in [6.45, 7) is 4.94. The second-order valence-electron chi connectivity index (χ2n) is 5.54. The van der Waals surface area contributed by atoms with Gasteiger partial charge in [-0.1, -0.05) is 46.3 Å². The third-order valence-electron chi connectivity index (χ3n) is 3.78. The van der Waals surface area contributed by atoms with Gasteiger partial charge in [-0.2, -0.15) is 0 Å². The number of hydrogen-bond acceptors (Lipinski definition) is 2. The molecule has 0 unspecified atom stereocenters. The molecule has 0 fully saturated rings. The molecule has 0 radical (unpaired) electrons. The van der Waals surface area contributed by atoms with E-state index in [9.17, 15) is 9.59 Å². The van der Waals surface area contributed by atoms with Crippen LogP contribution in [0.2, 0.25) is 0 Å². The normalized spacial score (nSPS) is 10.3. The minimum Gasteiger partial charge on any atom is -0.343 e. The number of nitrogens with one attached hydrogen (secondary N) is 1. The second kappa shape index (κ2) is 8.64. The molecule has 0 atom stereocenters. The van der Waals surface area contributed by atoms with E-state index >= 15 is 0 Å². The lowest BCUT2D eigenvalue weighted by molar-refractivity contribution is -0.130. The predicted octanol–water partition coefficient (Wildman–Crippen LogP) is 3.54. The number of benzene rings is 2. The van der Waals surface area contributed by atoms with E-state index in [0.29, 0.717) is 18.7 Å². The Morgan fingerprint density at radius 1 is 1.12 bits per heavy atom. The summed E-state index contributed by atoms with van der Waals surface area (Å²) >= 11 is 3.38. The smallest absolute Gasteiger partial charge is 0.251 e. The van der Waals surface area contributed by atoms with Gasteiger partial charge in [-0.05, 0) is 43.2 Å². The maximum Gasteiger partial charge on any atom is 0.251 e. The molecule has 0 aliphatic rings. The highest BCUT2D eigenvalue weighted by molar-refractivity contribution is 9.10. The fraction of sp³-hybridized carbons (Fsp3) is 0.263. The third kappa shape index (κ3) is 4.93. The van der Waals surface area contributed by atoms with E-state index in [0.717, 1.165) is 15.6 Å². The number of nitrogens with zero attached hydrogens (tertiary/aromatic N) is 1. The van der Waals surface area contributed by atoms with Crippen molar-refractivity contribution in [3.63, 3.8) is 0 Å². The molecule has 0 bridgehead atoms. The average Bonchev–Trinajstić information content (AvgIpc) is 2.58. The largest absolute Gasteiger partial charge is 0.343 e. The molecule has 0 spiro atoms. The van der Waals surface area contributed by atoms with Crippen LogP contribution in [-0.2, 0) is 11.3 Å². The molecule has 2 rings (SSSR count). The summed E-state index contributed by atoms with van der Waals surface area (Å²) in [5.41, 5.74) is 2.52. The number of amides is 2. The monoisotopic (exact) mass is 388 g/mol. The van der Waals surface area contributed by atoms with E-state index in [4.69, 9.17) is 0 Å². The summed E-state index contributed by atoms with van der Waals surface area (Å²) in [6, 6.07) is 15.3. The number of halogens is 1. The molecule has 0 heterocycles. The van der Waals surface area contributed by atoms with Crippen molar-refractivity contribution >= 4 is 27.7 Å². The maximum absolute atomic E-state index is 12.4.